The van der Waals surface area contributed by atoms with Gasteiger partial charge < -0.3 is 5.32 Å². The van der Waals surface area contributed by atoms with Gasteiger partial charge in [0.05, 0.1) is 11.6 Å². The molecule has 90 valence electrons. The van der Waals surface area contributed by atoms with E-state index in [4.69, 9.17) is 0 Å². The summed E-state index contributed by atoms with van der Waals surface area (Å²) in [5.41, 5.74) is 1.01. The fourth-order valence-corrected chi connectivity index (χ4v) is 2.52. The maximum Gasteiger partial charge on any atom is 0.127 e. The molecular weight excluding hydrogens is 242 g/mol. The van der Waals surface area contributed by atoms with Crippen molar-refractivity contribution in [3.05, 3.63) is 53.0 Å². The molecule has 0 saturated carbocycles. The van der Waals surface area contributed by atoms with Gasteiger partial charge in [-0.2, -0.15) is 0 Å². The minimum Gasteiger partial charge on any atom is -0.361 e. The lowest BCUT2D eigenvalue weighted by atomic mass is 10.2. The van der Waals surface area contributed by atoms with Crippen LogP contribution in [-0.4, -0.2) is 9.97 Å². The zero-order valence-corrected chi connectivity index (χ0v) is 10.8. The number of aromatic nitrogens is 2. The molecule has 1 N–H and O–H groups in total. The monoisotopic (exact) mass is 255 g/mol. The Kier molecular flexibility index (Phi) is 2.94. The number of pyridine rings is 1. The number of nitrogens with zero attached hydrogens (tertiary/aromatic N) is 2. The Labute approximate surface area is 110 Å². The lowest BCUT2D eigenvalue weighted by molar-refractivity contribution is 0.862. The lowest BCUT2D eigenvalue weighted by Crippen LogP contribution is -2.07. The number of hydrogen-bond donors (Lipinski definition) is 1. The van der Waals surface area contributed by atoms with Gasteiger partial charge in [-0.15, -0.1) is 11.3 Å². The maximum atomic E-state index is 4.59. The molecule has 0 aliphatic carbocycles. The van der Waals surface area contributed by atoms with E-state index in [1.807, 2.05) is 35.8 Å². The number of para-hydroxylation sites is 1. The van der Waals surface area contributed by atoms with E-state index >= 15 is 0 Å². The molecule has 2 aromatic heterocycles. The van der Waals surface area contributed by atoms with Gasteiger partial charge in [-0.3, -0.25) is 0 Å². The number of fused-ring (bicyclic) bond motifs is 1. The summed E-state index contributed by atoms with van der Waals surface area (Å²) in [6.45, 7) is 2.09. The summed E-state index contributed by atoms with van der Waals surface area (Å²) in [4.78, 5) is 8.89. The second-order valence-corrected chi connectivity index (χ2v) is 5.05. The van der Waals surface area contributed by atoms with Crippen molar-refractivity contribution in [3.63, 3.8) is 0 Å². The Balaban J connectivity index is 1.86. The molecule has 1 atom stereocenters. The van der Waals surface area contributed by atoms with Crippen molar-refractivity contribution in [2.45, 2.75) is 13.0 Å². The van der Waals surface area contributed by atoms with Gasteiger partial charge in [0, 0.05) is 17.0 Å². The average Bonchev–Trinajstić information content (AvgIpc) is 2.92. The number of benzene rings is 1. The van der Waals surface area contributed by atoms with Crippen LogP contribution in [0.5, 0.6) is 0 Å². The molecule has 1 aromatic carbocycles. The normalized spacial score (nSPS) is 12.5. The first kappa shape index (κ1) is 11.2. The van der Waals surface area contributed by atoms with E-state index in [2.05, 4.69) is 34.3 Å². The molecule has 3 nitrogen and oxygen atoms in total. The van der Waals surface area contributed by atoms with Crippen LogP contribution in [0.4, 0.5) is 5.82 Å². The summed E-state index contributed by atoms with van der Waals surface area (Å²) in [5.74, 6) is 0.886. The topological polar surface area (TPSA) is 37.8 Å². The fourth-order valence-electron chi connectivity index (χ4n) is 1.88. The zero-order valence-electron chi connectivity index (χ0n) is 10.00. The number of rotatable bonds is 3. The molecule has 0 saturated heterocycles. The van der Waals surface area contributed by atoms with Crippen LogP contribution in [0.15, 0.2) is 48.0 Å². The minimum atomic E-state index is 0.179. The van der Waals surface area contributed by atoms with Crippen LogP contribution in [0.3, 0.4) is 0 Å². The van der Waals surface area contributed by atoms with Gasteiger partial charge in [0.15, 0.2) is 0 Å². The van der Waals surface area contributed by atoms with Gasteiger partial charge >= 0.3 is 0 Å². The van der Waals surface area contributed by atoms with Crippen molar-refractivity contribution in [2.75, 3.05) is 5.32 Å². The first-order valence-electron chi connectivity index (χ1n) is 5.84. The van der Waals surface area contributed by atoms with Crippen molar-refractivity contribution in [2.24, 2.45) is 0 Å². The first-order chi connectivity index (χ1) is 8.83. The van der Waals surface area contributed by atoms with Gasteiger partial charge in [0.2, 0.25) is 0 Å². The molecule has 0 radical (unpaired) electrons. The largest absolute Gasteiger partial charge is 0.361 e. The van der Waals surface area contributed by atoms with Crippen molar-refractivity contribution < 1.29 is 0 Å². The third-order valence-electron chi connectivity index (χ3n) is 2.78. The molecule has 4 heteroatoms. The highest BCUT2D eigenvalue weighted by Gasteiger charge is 2.08. The predicted molar refractivity (Wildman–Crippen MR) is 75.9 cm³/mol. The molecule has 0 aliphatic heterocycles. The summed E-state index contributed by atoms with van der Waals surface area (Å²) in [5, 5.41) is 7.59. The van der Waals surface area contributed by atoms with E-state index in [0.29, 0.717) is 0 Å². The van der Waals surface area contributed by atoms with Crippen LogP contribution in [0, 0.1) is 0 Å². The highest BCUT2D eigenvalue weighted by atomic mass is 32.1. The molecule has 0 fully saturated rings. The highest BCUT2D eigenvalue weighted by Crippen LogP contribution is 2.21. The van der Waals surface area contributed by atoms with E-state index in [9.17, 15) is 0 Å². The van der Waals surface area contributed by atoms with Crippen LogP contribution in [-0.2, 0) is 0 Å². The molecule has 3 aromatic rings. The zero-order chi connectivity index (χ0) is 12.4. The Morgan fingerprint density at radius 2 is 2.06 bits per heavy atom. The minimum absolute atomic E-state index is 0.179. The van der Waals surface area contributed by atoms with Gasteiger partial charge in [-0.1, -0.05) is 18.2 Å². The van der Waals surface area contributed by atoms with Crippen LogP contribution in [0.2, 0.25) is 0 Å². The summed E-state index contributed by atoms with van der Waals surface area (Å²) >= 11 is 1.65. The van der Waals surface area contributed by atoms with Crippen LogP contribution in [0.25, 0.3) is 10.9 Å². The lowest BCUT2D eigenvalue weighted by Gasteiger charge is -2.12. The number of thiazole rings is 1. The highest BCUT2D eigenvalue weighted by molar-refractivity contribution is 7.09. The van der Waals surface area contributed by atoms with E-state index < -0.39 is 0 Å². The average molecular weight is 255 g/mol. The Morgan fingerprint density at radius 1 is 1.17 bits per heavy atom. The summed E-state index contributed by atoms with van der Waals surface area (Å²) < 4.78 is 0. The van der Waals surface area contributed by atoms with Gasteiger partial charge in [0.1, 0.15) is 10.8 Å². The molecule has 2 heterocycles. The standard InChI is InChI=1S/C14H13N3S/c1-10(14-15-8-9-18-14)16-13-7-6-11-4-2-3-5-12(11)17-13/h2-10H,1H3,(H,16,17). The van der Waals surface area contributed by atoms with E-state index in [-0.39, 0.29) is 6.04 Å². The third-order valence-corrected chi connectivity index (χ3v) is 3.74. The Morgan fingerprint density at radius 3 is 2.89 bits per heavy atom. The second-order valence-electron chi connectivity index (χ2n) is 4.13. The van der Waals surface area contributed by atoms with Gasteiger partial charge in [0.25, 0.3) is 0 Å². The van der Waals surface area contributed by atoms with Crippen molar-refractivity contribution in [1.29, 1.82) is 0 Å². The summed E-state index contributed by atoms with van der Waals surface area (Å²) in [7, 11) is 0. The van der Waals surface area contributed by atoms with Gasteiger partial charge in [-0.25, -0.2) is 9.97 Å². The summed E-state index contributed by atoms with van der Waals surface area (Å²) in [6.07, 6.45) is 1.83. The molecule has 0 spiro atoms. The molecule has 1 unspecified atom stereocenters. The Bertz CT molecular complexity index is 649. The van der Waals surface area contributed by atoms with E-state index in [1.54, 1.807) is 11.3 Å². The van der Waals surface area contributed by atoms with Crippen molar-refractivity contribution >= 4 is 28.1 Å². The molecule has 18 heavy (non-hydrogen) atoms. The molecule has 0 amide bonds. The second kappa shape index (κ2) is 4.74. The number of nitrogens with one attached hydrogen (secondary N) is 1. The molecular formula is C14H13N3S. The maximum absolute atomic E-state index is 4.59. The Hall–Kier alpha value is -1.94. The smallest absolute Gasteiger partial charge is 0.127 e. The van der Waals surface area contributed by atoms with Gasteiger partial charge in [-0.05, 0) is 25.1 Å². The van der Waals surface area contributed by atoms with Crippen LogP contribution < -0.4 is 5.32 Å². The van der Waals surface area contributed by atoms with Crippen molar-refractivity contribution in [3.8, 4) is 0 Å². The first-order valence-corrected chi connectivity index (χ1v) is 6.72. The molecule has 0 aliphatic rings. The third kappa shape index (κ3) is 2.19. The SMILES string of the molecule is CC(Nc1ccc2ccccc2n1)c1nccs1. The molecule has 0 bridgehead atoms. The predicted octanol–water partition coefficient (Wildman–Crippen LogP) is 3.86. The fraction of sp³-hybridized carbons (Fsp3) is 0.143. The van der Waals surface area contributed by atoms with Crippen LogP contribution in [0.1, 0.15) is 18.0 Å². The number of hydrogen-bond acceptors (Lipinski definition) is 4. The quantitative estimate of drug-likeness (QED) is 0.772. The van der Waals surface area contributed by atoms with Crippen molar-refractivity contribution in [1.82, 2.24) is 9.97 Å². The van der Waals surface area contributed by atoms with Crippen LogP contribution >= 0.6 is 11.3 Å². The number of anilines is 1. The van der Waals surface area contributed by atoms with E-state index in [0.717, 1.165) is 21.7 Å². The van der Waals surface area contributed by atoms with E-state index in [1.165, 1.54) is 0 Å². The summed E-state index contributed by atoms with van der Waals surface area (Å²) in [6, 6.07) is 12.4. The molecule has 3 rings (SSSR count).